The Hall–Kier alpha value is -0.820. The molecule has 0 aromatic heterocycles. The van der Waals surface area contributed by atoms with Crippen LogP contribution in [0.15, 0.2) is 0 Å². The molecular weight excluding hydrogens is 184 g/mol. The molecule has 0 unspecified atom stereocenters. The van der Waals surface area contributed by atoms with Crippen molar-refractivity contribution in [3.63, 3.8) is 0 Å². The van der Waals surface area contributed by atoms with Gasteiger partial charge in [-0.15, -0.1) is 0 Å². The molecular formula is C5H12N2O4S. The Labute approximate surface area is 71.0 Å². The van der Waals surface area contributed by atoms with Crippen LogP contribution in [0.1, 0.15) is 12.8 Å². The fourth-order valence-corrected chi connectivity index (χ4v) is 1.14. The highest BCUT2D eigenvalue weighted by Crippen LogP contribution is 1.94. The second-order valence-electron chi connectivity index (χ2n) is 2.21. The highest BCUT2D eigenvalue weighted by Gasteiger charge is 2.02. The van der Waals surface area contributed by atoms with Crippen LogP contribution in [-0.4, -0.2) is 31.4 Å². The normalized spacial score (nSPS) is 11.1. The zero-order valence-corrected chi connectivity index (χ0v) is 7.30. The second-order valence-corrected chi connectivity index (χ2v) is 3.78. The molecule has 0 fully saturated rings. The van der Waals surface area contributed by atoms with Crippen molar-refractivity contribution in [3.8, 4) is 0 Å². The summed E-state index contributed by atoms with van der Waals surface area (Å²) in [5, 5.41) is 6.64. The number of ether oxygens (including phenoxy) is 1. The van der Waals surface area contributed by atoms with Crippen LogP contribution in [0, 0.1) is 5.41 Å². The van der Waals surface area contributed by atoms with E-state index in [0.717, 1.165) is 0 Å². The van der Waals surface area contributed by atoms with Crippen molar-refractivity contribution in [3.05, 3.63) is 0 Å². The predicted octanol–water partition coefficient (Wildman–Crippen LogP) is -0.436. The summed E-state index contributed by atoms with van der Waals surface area (Å²) >= 11 is 0. The largest absolute Gasteiger partial charge is 0.466 e. The molecule has 0 aromatic rings. The lowest BCUT2D eigenvalue weighted by atomic mass is 10.4. The Balaban J connectivity index is 3.29. The quantitative estimate of drug-likeness (QED) is 0.239. The van der Waals surface area contributed by atoms with Crippen molar-refractivity contribution in [2.75, 3.05) is 12.4 Å². The molecule has 0 aliphatic heterocycles. The molecule has 7 heteroatoms. The third-order valence-electron chi connectivity index (χ3n) is 1.05. The van der Waals surface area contributed by atoms with Gasteiger partial charge in [-0.05, 0) is 12.8 Å². The molecule has 0 aliphatic carbocycles. The van der Waals surface area contributed by atoms with Crippen molar-refractivity contribution in [2.45, 2.75) is 12.8 Å². The van der Waals surface area contributed by atoms with E-state index in [-0.39, 0.29) is 18.4 Å². The van der Waals surface area contributed by atoms with Gasteiger partial charge in [0.2, 0.25) is 0 Å². The van der Waals surface area contributed by atoms with Gasteiger partial charge in [0.25, 0.3) is 16.1 Å². The van der Waals surface area contributed by atoms with Crippen LogP contribution in [0.4, 0.5) is 0 Å². The Morgan fingerprint density at radius 1 is 1.50 bits per heavy atom. The molecule has 4 N–H and O–H groups in total. The van der Waals surface area contributed by atoms with Crippen molar-refractivity contribution in [1.82, 2.24) is 0 Å². The average Bonchev–Trinajstić information content (AvgIpc) is 1.83. The van der Waals surface area contributed by atoms with E-state index in [4.69, 9.17) is 15.7 Å². The predicted molar refractivity (Wildman–Crippen MR) is 43.5 cm³/mol. The van der Waals surface area contributed by atoms with E-state index in [2.05, 4.69) is 4.74 Å². The summed E-state index contributed by atoms with van der Waals surface area (Å²) in [4.78, 5) is 0. The van der Waals surface area contributed by atoms with E-state index < -0.39 is 10.1 Å². The topological polar surface area (TPSA) is 113 Å². The molecule has 0 saturated heterocycles. The van der Waals surface area contributed by atoms with E-state index in [1.165, 1.54) is 0 Å². The van der Waals surface area contributed by atoms with Crippen LogP contribution in [0.3, 0.4) is 0 Å². The molecule has 6 nitrogen and oxygen atoms in total. The van der Waals surface area contributed by atoms with Crippen molar-refractivity contribution in [2.24, 2.45) is 5.73 Å². The molecule has 12 heavy (non-hydrogen) atoms. The van der Waals surface area contributed by atoms with E-state index in [0.29, 0.717) is 12.8 Å². The van der Waals surface area contributed by atoms with E-state index in [9.17, 15) is 8.42 Å². The minimum absolute atomic E-state index is 0.199. The number of amidine groups is 1. The molecule has 0 aromatic carbocycles. The van der Waals surface area contributed by atoms with Crippen LogP contribution >= 0.6 is 0 Å². The number of nitrogens with two attached hydrogens (primary N) is 1. The summed E-state index contributed by atoms with van der Waals surface area (Å²) in [5.74, 6) is -0.283. The number of nitrogens with one attached hydrogen (secondary N) is 1. The van der Waals surface area contributed by atoms with Crippen LogP contribution in [0.2, 0.25) is 0 Å². The lowest BCUT2D eigenvalue weighted by Crippen LogP contribution is -2.15. The zero-order valence-electron chi connectivity index (χ0n) is 6.49. The standard InChI is InChI=1S/C5H12N2O4S/c6-5(7)11-3-1-2-4-12(8,9)10/h1-4H2,(H3,6,7)(H,8,9,10). The van der Waals surface area contributed by atoms with Crippen LogP contribution in [0.25, 0.3) is 0 Å². The maximum atomic E-state index is 10.2. The van der Waals surface area contributed by atoms with Crippen molar-refractivity contribution in [1.29, 1.82) is 5.41 Å². The Kier molecular flexibility index (Phi) is 4.60. The molecule has 0 atom stereocenters. The molecule has 0 aliphatic rings. The van der Waals surface area contributed by atoms with Gasteiger partial charge in [-0.3, -0.25) is 9.96 Å². The molecule has 0 heterocycles. The summed E-state index contributed by atoms with van der Waals surface area (Å²) in [5.41, 5.74) is 4.85. The molecule has 0 saturated carbocycles. The molecule has 0 rings (SSSR count). The van der Waals surface area contributed by atoms with Crippen molar-refractivity contribution < 1.29 is 17.7 Å². The maximum absolute atomic E-state index is 10.2. The van der Waals surface area contributed by atoms with Gasteiger partial charge in [0, 0.05) is 0 Å². The van der Waals surface area contributed by atoms with Crippen LogP contribution in [-0.2, 0) is 14.9 Å². The van der Waals surface area contributed by atoms with Gasteiger partial charge >= 0.3 is 0 Å². The van der Waals surface area contributed by atoms with Gasteiger partial charge in [-0.25, -0.2) is 0 Å². The van der Waals surface area contributed by atoms with E-state index in [1.54, 1.807) is 0 Å². The molecule has 72 valence electrons. The molecule has 0 amide bonds. The maximum Gasteiger partial charge on any atom is 0.278 e. The smallest absolute Gasteiger partial charge is 0.278 e. The first-order valence-electron chi connectivity index (χ1n) is 3.34. The Bertz CT molecular complexity index is 236. The number of hydrogen-bond acceptors (Lipinski definition) is 4. The second kappa shape index (κ2) is 4.94. The first-order valence-corrected chi connectivity index (χ1v) is 4.95. The van der Waals surface area contributed by atoms with Crippen LogP contribution in [0.5, 0.6) is 0 Å². The third kappa shape index (κ3) is 9.18. The summed E-state index contributed by atoms with van der Waals surface area (Å²) in [6.07, 6.45) is 0.742. The fraction of sp³-hybridized carbons (Fsp3) is 0.800. The molecule has 0 bridgehead atoms. The number of rotatable bonds is 5. The lowest BCUT2D eigenvalue weighted by Gasteiger charge is -2.01. The van der Waals surface area contributed by atoms with Gasteiger partial charge in [0.15, 0.2) is 0 Å². The SMILES string of the molecule is N=C(N)OCCCCS(=O)(=O)O. The van der Waals surface area contributed by atoms with Gasteiger partial charge in [-0.2, -0.15) is 8.42 Å². The van der Waals surface area contributed by atoms with Crippen LogP contribution < -0.4 is 5.73 Å². The zero-order chi connectivity index (χ0) is 9.61. The summed E-state index contributed by atoms with van der Waals surface area (Å²) in [7, 11) is -3.87. The average molecular weight is 196 g/mol. The van der Waals surface area contributed by atoms with E-state index in [1.807, 2.05) is 0 Å². The van der Waals surface area contributed by atoms with Gasteiger partial charge in [-0.1, -0.05) is 0 Å². The Morgan fingerprint density at radius 2 is 2.08 bits per heavy atom. The fourth-order valence-electron chi connectivity index (χ4n) is 0.569. The van der Waals surface area contributed by atoms with E-state index >= 15 is 0 Å². The highest BCUT2D eigenvalue weighted by atomic mass is 32.2. The minimum atomic E-state index is -3.87. The van der Waals surface area contributed by atoms with Crippen molar-refractivity contribution >= 4 is 16.1 Å². The summed E-state index contributed by atoms with van der Waals surface area (Å²) in [6.45, 7) is 0.199. The first-order chi connectivity index (χ1) is 5.42. The number of hydrogen-bond donors (Lipinski definition) is 3. The lowest BCUT2D eigenvalue weighted by molar-refractivity contribution is 0.289. The minimum Gasteiger partial charge on any atom is -0.466 e. The Morgan fingerprint density at radius 3 is 2.50 bits per heavy atom. The monoisotopic (exact) mass is 196 g/mol. The number of unbranched alkanes of at least 4 members (excludes halogenated alkanes) is 1. The molecule has 0 radical (unpaired) electrons. The van der Waals surface area contributed by atoms with Gasteiger partial charge in [0.1, 0.15) is 0 Å². The van der Waals surface area contributed by atoms with Gasteiger partial charge in [0.05, 0.1) is 12.4 Å². The third-order valence-corrected chi connectivity index (χ3v) is 1.86. The highest BCUT2D eigenvalue weighted by molar-refractivity contribution is 7.85. The molecule has 0 spiro atoms. The first kappa shape index (κ1) is 11.2. The van der Waals surface area contributed by atoms with Gasteiger partial charge < -0.3 is 10.5 Å². The summed E-state index contributed by atoms with van der Waals surface area (Å²) < 4.78 is 33.2. The summed E-state index contributed by atoms with van der Waals surface area (Å²) in [6, 6.07) is -0.387.